The van der Waals surface area contributed by atoms with Crippen molar-refractivity contribution in [1.82, 2.24) is 5.32 Å². The summed E-state index contributed by atoms with van der Waals surface area (Å²) in [6.45, 7) is 0.528. The molecule has 0 saturated carbocycles. The van der Waals surface area contributed by atoms with Crippen LogP contribution >= 0.6 is 11.6 Å². The van der Waals surface area contributed by atoms with E-state index in [2.05, 4.69) is 10.6 Å². The fraction of sp³-hybridized carbons (Fsp3) is 0.300. The zero-order valence-electron chi connectivity index (χ0n) is 15.1. The second-order valence-electron chi connectivity index (χ2n) is 6.77. The number of hydrogen-bond acceptors (Lipinski definition) is 5. The van der Waals surface area contributed by atoms with Crippen molar-refractivity contribution in [2.75, 3.05) is 25.1 Å². The van der Waals surface area contributed by atoms with Crippen LogP contribution in [0.3, 0.4) is 0 Å². The Morgan fingerprint density at radius 3 is 2.75 bits per heavy atom. The summed E-state index contributed by atoms with van der Waals surface area (Å²) in [5, 5.41) is 25.4. The van der Waals surface area contributed by atoms with E-state index in [-0.39, 0.29) is 37.2 Å². The average molecular weight is 405 g/mol. The van der Waals surface area contributed by atoms with Crippen LogP contribution in [0.1, 0.15) is 22.3 Å². The summed E-state index contributed by atoms with van der Waals surface area (Å²) in [7, 11) is 0. The van der Waals surface area contributed by atoms with Crippen LogP contribution in [0.25, 0.3) is 0 Å². The number of halogens is 1. The maximum atomic E-state index is 12.5. The maximum Gasteiger partial charge on any atom is 0.251 e. The van der Waals surface area contributed by atoms with Gasteiger partial charge < -0.3 is 25.6 Å². The number of carbonyl (C=O) groups is 2. The summed E-state index contributed by atoms with van der Waals surface area (Å²) >= 11 is 5.90. The van der Waals surface area contributed by atoms with Gasteiger partial charge in [-0.2, -0.15) is 0 Å². The molecule has 1 fully saturated rings. The molecule has 4 N–H and O–H groups in total. The summed E-state index contributed by atoms with van der Waals surface area (Å²) in [4.78, 5) is 24.8. The lowest BCUT2D eigenvalue weighted by Crippen LogP contribution is -2.52. The van der Waals surface area contributed by atoms with Gasteiger partial charge in [0.05, 0.1) is 25.2 Å². The molecule has 0 aliphatic carbocycles. The van der Waals surface area contributed by atoms with Crippen LogP contribution in [0.4, 0.5) is 5.69 Å². The van der Waals surface area contributed by atoms with Crippen molar-refractivity contribution in [2.24, 2.45) is 0 Å². The van der Waals surface area contributed by atoms with Gasteiger partial charge in [0, 0.05) is 28.4 Å². The van der Waals surface area contributed by atoms with Crippen LogP contribution in [0.5, 0.6) is 5.75 Å². The van der Waals surface area contributed by atoms with Crippen LogP contribution in [-0.2, 0) is 16.0 Å². The number of rotatable bonds is 6. The molecule has 8 heteroatoms. The van der Waals surface area contributed by atoms with Crippen molar-refractivity contribution < 1.29 is 24.5 Å². The maximum absolute atomic E-state index is 12.5. The van der Waals surface area contributed by atoms with E-state index in [1.807, 2.05) is 0 Å². The molecular weight excluding hydrogens is 384 g/mol. The number of aliphatic hydroxyl groups excluding tert-OH is 1. The molecular formula is C20H21ClN2O5. The van der Waals surface area contributed by atoms with E-state index < -0.39 is 5.54 Å². The van der Waals surface area contributed by atoms with Gasteiger partial charge in [0.1, 0.15) is 5.75 Å². The number of phenols is 1. The number of hydrogen-bond donors (Lipinski definition) is 4. The Morgan fingerprint density at radius 1 is 1.21 bits per heavy atom. The van der Waals surface area contributed by atoms with Gasteiger partial charge in [-0.1, -0.05) is 17.7 Å². The highest BCUT2D eigenvalue weighted by molar-refractivity contribution is 6.30. The van der Waals surface area contributed by atoms with Gasteiger partial charge in [-0.25, -0.2) is 0 Å². The van der Waals surface area contributed by atoms with Gasteiger partial charge in [0.2, 0.25) is 5.91 Å². The summed E-state index contributed by atoms with van der Waals surface area (Å²) < 4.78 is 5.28. The SMILES string of the molecule is O=C(Cc1cc(Cl)ccc1O)Nc1cccc(C(=O)NC2(CO)CCOC2)c1. The first-order valence-electron chi connectivity index (χ1n) is 8.79. The topological polar surface area (TPSA) is 108 Å². The first-order chi connectivity index (χ1) is 13.4. The number of aliphatic hydroxyl groups is 1. The molecule has 3 rings (SSSR count). The zero-order chi connectivity index (χ0) is 20.1. The fourth-order valence-corrected chi connectivity index (χ4v) is 3.19. The molecule has 2 amide bonds. The molecule has 1 aliphatic heterocycles. The van der Waals surface area contributed by atoms with Crippen LogP contribution in [0.2, 0.25) is 5.02 Å². The third-order valence-corrected chi connectivity index (χ3v) is 4.82. The first-order valence-corrected chi connectivity index (χ1v) is 9.17. The van der Waals surface area contributed by atoms with E-state index in [9.17, 15) is 19.8 Å². The molecule has 1 unspecified atom stereocenters. The molecule has 148 valence electrons. The number of anilines is 1. The van der Waals surface area contributed by atoms with Gasteiger partial charge >= 0.3 is 0 Å². The van der Waals surface area contributed by atoms with E-state index in [4.69, 9.17) is 16.3 Å². The van der Waals surface area contributed by atoms with Gasteiger partial charge in [-0.3, -0.25) is 9.59 Å². The van der Waals surface area contributed by atoms with Crippen LogP contribution in [-0.4, -0.2) is 47.4 Å². The van der Waals surface area contributed by atoms with Crippen molar-refractivity contribution in [3.63, 3.8) is 0 Å². The molecule has 1 saturated heterocycles. The first kappa shape index (κ1) is 20.1. The third kappa shape index (κ3) is 4.81. The number of nitrogens with one attached hydrogen (secondary N) is 2. The minimum Gasteiger partial charge on any atom is -0.508 e. The Balaban J connectivity index is 1.66. The van der Waals surface area contributed by atoms with E-state index in [1.165, 1.54) is 18.2 Å². The molecule has 0 bridgehead atoms. The van der Waals surface area contributed by atoms with Gasteiger partial charge in [0.15, 0.2) is 0 Å². The largest absolute Gasteiger partial charge is 0.508 e. The summed E-state index contributed by atoms with van der Waals surface area (Å²) in [5.74, 6) is -0.727. The lowest BCUT2D eigenvalue weighted by molar-refractivity contribution is -0.115. The number of phenolic OH excluding ortho intramolecular Hbond substituents is 1. The monoisotopic (exact) mass is 404 g/mol. The second-order valence-corrected chi connectivity index (χ2v) is 7.21. The highest BCUT2D eigenvalue weighted by Gasteiger charge is 2.36. The van der Waals surface area contributed by atoms with Crippen LogP contribution in [0, 0.1) is 0 Å². The molecule has 1 atom stereocenters. The standard InChI is InChI=1S/C20H21ClN2O5/c21-15-4-5-17(25)14(8-15)10-18(26)22-16-3-1-2-13(9-16)19(27)23-20(11-24)6-7-28-12-20/h1-5,8-9,24-25H,6-7,10-12H2,(H,22,26)(H,23,27). The molecule has 7 nitrogen and oxygen atoms in total. The van der Waals surface area contributed by atoms with E-state index in [0.29, 0.717) is 34.9 Å². The van der Waals surface area contributed by atoms with Gasteiger partial charge in [-0.05, 0) is 42.8 Å². The Morgan fingerprint density at radius 2 is 2.04 bits per heavy atom. The zero-order valence-corrected chi connectivity index (χ0v) is 15.8. The predicted octanol–water partition coefficient (Wildman–Crippen LogP) is 2.11. The molecule has 2 aromatic rings. The summed E-state index contributed by atoms with van der Waals surface area (Å²) in [5.41, 5.74) is 0.425. The Labute approximate surface area is 167 Å². The number of aromatic hydroxyl groups is 1. The van der Waals surface area contributed by atoms with E-state index in [0.717, 1.165) is 0 Å². The van der Waals surface area contributed by atoms with Crippen LogP contribution < -0.4 is 10.6 Å². The highest BCUT2D eigenvalue weighted by atomic mass is 35.5. The number of ether oxygens (including phenoxy) is 1. The Bertz CT molecular complexity index is 881. The number of carbonyl (C=O) groups excluding carboxylic acids is 2. The average Bonchev–Trinajstić information content (AvgIpc) is 3.14. The molecule has 0 aromatic heterocycles. The van der Waals surface area contributed by atoms with Gasteiger partial charge in [-0.15, -0.1) is 0 Å². The van der Waals surface area contributed by atoms with Crippen LogP contribution in [0.15, 0.2) is 42.5 Å². The van der Waals surface area contributed by atoms with Crippen molar-refractivity contribution in [3.8, 4) is 5.75 Å². The molecule has 28 heavy (non-hydrogen) atoms. The highest BCUT2D eigenvalue weighted by Crippen LogP contribution is 2.23. The minimum atomic E-state index is -0.777. The quantitative estimate of drug-likeness (QED) is 0.589. The molecule has 0 spiro atoms. The molecule has 1 aliphatic rings. The molecule has 0 radical (unpaired) electrons. The van der Waals surface area contributed by atoms with Crippen molar-refractivity contribution in [2.45, 2.75) is 18.4 Å². The number of benzene rings is 2. The summed E-state index contributed by atoms with van der Waals surface area (Å²) in [6, 6.07) is 11.0. The Kier molecular flexibility index (Phi) is 6.18. The predicted molar refractivity (Wildman–Crippen MR) is 105 cm³/mol. The Hall–Kier alpha value is -2.61. The van der Waals surface area contributed by atoms with Crippen molar-refractivity contribution >= 4 is 29.1 Å². The molecule has 1 heterocycles. The third-order valence-electron chi connectivity index (χ3n) is 4.59. The van der Waals surface area contributed by atoms with Gasteiger partial charge in [0.25, 0.3) is 5.91 Å². The van der Waals surface area contributed by atoms with Crippen molar-refractivity contribution in [3.05, 3.63) is 58.6 Å². The van der Waals surface area contributed by atoms with E-state index >= 15 is 0 Å². The fourth-order valence-electron chi connectivity index (χ4n) is 3.00. The summed E-state index contributed by atoms with van der Waals surface area (Å²) in [6.07, 6.45) is 0.475. The lowest BCUT2D eigenvalue weighted by atomic mass is 9.99. The smallest absolute Gasteiger partial charge is 0.251 e. The lowest BCUT2D eigenvalue weighted by Gasteiger charge is -2.26. The van der Waals surface area contributed by atoms with Crippen molar-refractivity contribution in [1.29, 1.82) is 0 Å². The van der Waals surface area contributed by atoms with E-state index in [1.54, 1.807) is 24.3 Å². The normalized spacial score (nSPS) is 18.6. The second kappa shape index (κ2) is 8.60. The number of amides is 2. The molecule has 2 aromatic carbocycles. The minimum absolute atomic E-state index is 0.0132.